The second-order valence-electron chi connectivity index (χ2n) is 11.4. The van der Waals surface area contributed by atoms with Gasteiger partial charge in [0.2, 0.25) is 17.7 Å². The minimum atomic E-state index is -0.786. The maximum atomic E-state index is 14.4. The molecule has 252 valence electrons. The molecule has 6 aromatic rings. The summed E-state index contributed by atoms with van der Waals surface area (Å²) in [7, 11) is 0. The largest absolute Gasteiger partial charge is 0.436 e. The summed E-state index contributed by atoms with van der Waals surface area (Å²) in [6.45, 7) is 0. The fourth-order valence-corrected chi connectivity index (χ4v) is 6.82. The second kappa shape index (κ2) is 14.6. The van der Waals surface area contributed by atoms with E-state index in [1.54, 1.807) is 72.8 Å². The summed E-state index contributed by atoms with van der Waals surface area (Å²) in [4.78, 5) is 59.4. The van der Waals surface area contributed by atoms with Crippen LogP contribution in [0.1, 0.15) is 22.3 Å². The first-order valence-electron chi connectivity index (χ1n) is 15.7. The van der Waals surface area contributed by atoms with Crippen molar-refractivity contribution in [3.8, 4) is 11.5 Å². The number of hydrogen-bond donors (Lipinski definition) is 2. The number of hydrogen-bond acceptors (Lipinski definition) is 7. The van der Waals surface area contributed by atoms with Crippen LogP contribution in [-0.4, -0.2) is 33.9 Å². The topological polar surface area (TPSA) is 122 Å². The number of para-hydroxylation sites is 2. The molecule has 1 fully saturated rings. The third-order valence-corrected chi connectivity index (χ3v) is 9.64. The molecule has 1 aliphatic heterocycles. The third kappa shape index (κ3) is 7.52. The van der Waals surface area contributed by atoms with E-state index in [2.05, 4.69) is 31.5 Å². The number of imide groups is 1. The summed E-state index contributed by atoms with van der Waals surface area (Å²) in [6, 6.07) is 33.7. The molecule has 0 aliphatic carbocycles. The van der Waals surface area contributed by atoms with Gasteiger partial charge in [0.15, 0.2) is 5.58 Å². The average molecular weight is 762 g/mol. The SMILES string of the molecule is O=C(Nc1cccc(S[C@H]2CC(=O)N(c3ccc(-c4nc5ccccc5o4)cc3)C2=O)c1)/C(=C/c1ccc(Br)cc1)NC(=O)c1ccccc1F. The highest BCUT2D eigenvalue weighted by atomic mass is 79.9. The Morgan fingerprint density at radius 2 is 1.65 bits per heavy atom. The smallest absolute Gasteiger partial charge is 0.272 e. The molecule has 5 aromatic carbocycles. The number of carbonyl (C=O) groups is 4. The molecule has 1 saturated heterocycles. The van der Waals surface area contributed by atoms with Gasteiger partial charge < -0.3 is 15.1 Å². The van der Waals surface area contributed by atoms with Gasteiger partial charge in [-0.15, -0.1) is 11.8 Å². The molecule has 1 aromatic heterocycles. The Kier molecular flexibility index (Phi) is 9.60. The maximum Gasteiger partial charge on any atom is 0.272 e. The van der Waals surface area contributed by atoms with Crippen LogP contribution in [0.2, 0.25) is 0 Å². The van der Waals surface area contributed by atoms with Crippen molar-refractivity contribution < 1.29 is 28.0 Å². The Balaban J connectivity index is 1.05. The van der Waals surface area contributed by atoms with E-state index in [9.17, 15) is 23.6 Å². The van der Waals surface area contributed by atoms with Crippen LogP contribution < -0.4 is 15.5 Å². The van der Waals surface area contributed by atoms with Crippen LogP contribution in [0.25, 0.3) is 28.6 Å². The molecule has 51 heavy (non-hydrogen) atoms. The van der Waals surface area contributed by atoms with Crippen LogP contribution in [0.15, 0.2) is 141 Å². The first kappa shape index (κ1) is 33.6. The number of nitrogens with one attached hydrogen (secondary N) is 2. The number of rotatable bonds is 9. The fourth-order valence-electron chi connectivity index (χ4n) is 5.45. The van der Waals surface area contributed by atoms with Gasteiger partial charge in [0.25, 0.3) is 11.8 Å². The van der Waals surface area contributed by atoms with Gasteiger partial charge in [-0.3, -0.25) is 19.2 Å². The molecule has 0 spiro atoms. The molecule has 9 nitrogen and oxygen atoms in total. The monoisotopic (exact) mass is 760 g/mol. The second-order valence-corrected chi connectivity index (χ2v) is 13.6. The highest BCUT2D eigenvalue weighted by Gasteiger charge is 2.40. The number of benzene rings is 5. The zero-order valence-corrected chi connectivity index (χ0v) is 28.9. The lowest BCUT2D eigenvalue weighted by Gasteiger charge is -2.15. The number of anilines is 2. The first-order valence-corrected chi connectivity index (χ1v) is 17.3. The minimum Gasteiger partial charge on any atom is -0.436 e. The molecule has 7 rings (SSSR count). The highest BCUT2D eigenvalue weighted by Crippen LogP contribution is 2.36. The molecule has 4 amide bonds. The van der Waals surface area contributed by atoms with E-state index in [1.165, 1.54) is 40.9 Å². The van der Waals surface area contributed by atoms with Crippen LogP contribution in [-0.2, 0) is 14.4 Å². The Labute approximate surface area is 303 Å². The van der Waals surface area contributed by atoms with Crippen molar-refractivity contribution in [3.05, 3.63) is 148 Å². The summed E-state index contributed by atoms with van der Waals surface area (Å²) >= 11 is 4.59. The van der Waals surface area contributed by atoms with Gasteiger partial charge in [0.1, 0.15) is 17.0 Å². The molecular formula is C39H26BrFN4O5S. The Morgan fingerprint density at radius 3 is 2.41 bits per heavy atom. The molecule has 2 heterocycles. The van der Waals surface area contributed by atoms with E-state index in [0.29, 0.717) is 38.9 Å². The molecule has 1 aliphatic rings. The van der Waals surface area contributed by atoms with Crippen molar-refractivity contribution in [3.63, 3.8) is 0 Å². The van der Waals surface area contributed by atoms with Gasteiger partial charge in [0.05, 0.1) is 16.5 Å². The maximum absolute atomic E-state index is 14.4. The van der Waals surface area contributed by atoms with Gasteiger partial charge in [-0.1, -0.05) is 58.4 Å². The summed E-state index contributed by atoms with van der Waals surface area (Å²) in [6.07, 6.45) is 1.48. The van der Waals surface area contributed by atoms with Gasteiger partial charge in [0, 0.05) is 27.0 Å². The molecule has 2 N–H and O–H groups in total. The first-order chi connectivity index (χ1) is 24.7. The summed E-state index contributed by atoms with van der Waals surface area (Å²) < 4.78 is 21.0. The Hall–Kier alpha value is -5.85. The van der Waals surface area contributed by atoms with Crippen molar-refractivity contribution in [2.75, 3.05) is 10.2 Å². The normalized spacial score (nSPS) is 14.6. The fraction of sp³-hybridized carbons (Fsp3) is 0.0513. The standard InChI is InChI=1S/C39H26BrFN4O5S/c40-25-16-12-23(13-17-25)20-32(43-36(47)29-8-1-2-9-30(29)41)37(48)42-26-6-5-7-28(21-26)51-34-22-35(46)45(39(34)49)27-18-14-24(15-19-27)38-44-31-10-3-4-11-33(31)50-38/h1-21,34H,22H2,(H,42,48)(H,43,47)/b32-20-/t34-/m0/s1. The highest BCUT2D eigenvalue weighted by molar-refractivity contribution is 9.10. The Bertz CT molecular complexity index is 2310. The number of thioether (sulfide) groups is 1. The van der Waals surface area contributed by atoms with Crippen molar-refractivity contribution in [2.45, 2.75) is 16.6 Å². The van der Waals surface area contributed by atoms with E-state index in [0.717, 1.165) is 16.1 Å². The number of amides is 4. The van der Waals surface area contributed by atoms with E-state index in [1.807, 2.05) is 24.3 Å². The van der Waals surface area contributed by atoms with Crippen LogP contribution in [0.5, 0.6) is 0 Å². The number of halogens is 2. The lowest BCUT2D eigenvalue weighted by atomic mass is 10.1. The quantitative estimate of drug-likeness (QED) is 0.113. The zero-order valence-electron chi connectivity index (χ0n) is 26.5. The van der Waals surface area contributed by atoms with Gasteiger partial charge in [-0.25, -0.2) is 14.3 Å². The van der Waals surface area contributed by atoms with E-state index in [4.69, 9.17) is 4.42 Å². The van der Waals surface area contributed by atoms with E-state index >= 15 is 0 Å². The predicted molar refractivity (Wildman–Crippen MR) is 197 cm³/mol. The number of aromatic nitrogens is 1. The van der Waals surface area contributed by atoms with Crippen LogP contribution >= 0.6 is 27.7 Å². The minimum absolute atomic E-state index is 0.00484. The third-order valence-electron chi connectivity index (χ3n) is 7.93. The molecule has 0 radical (unpaired) electrons. The lowest BCUT2D eigenvalue weighted by Crippen LogP contribution is -2.31. The molecule has 0 unspecified atom stereocenters. The van der Waals surface area contributed by atoms with Gasteiger partial charge >= 0.3 is 0 Å². The van der Waals surface area contributed by atoms with Gasteiger partial charge in [-0.2, -0.15) is 0 Å². The van der Waals surface area contributed by atoms with Crippen LogP contribution in [0.4, 0.5) is 15.8 Å². The predicted octanol–water partition coefficient (Wildman–Crippen LogP) is 8.23. The van der Waals surface area contributed by atoms with E-state index in [-0.39, 0.29) is 29.5 Å². The number of nitrogens with zero attached hydrogens (tertiary/aromatic N) is 2. The number of fused-ring (bicyclic) bond motifs is 1. The molecular weight excluding hydrogens is 735 g/mol. The summed E-state index contributed by atoms with van der Waals surface area (Å²) in [5, 5.41) is 4.63. The summed E-state index contributed by atoms with van der Waals surface area (Å²) in [5.41, 5.74) is 3.22. The molecule has 12 heteroatoms. The average Bonchev–Trinajstić information content (AvgIpc) is 3.69. The Morgan fingerprint density at radius 1 is 0.902 bits per heavy atom. The summed E-state index contributed by atoms with van der Waals surface area (Å²) in [5.74, 6) is -2.41. The lowest BCUT2D eigenvalue weighted by molar-refractivity contribution is -0.121. The van der Waals surface area contributed by atoms with E-state index < -0.39 is 22.9 Å². The van der Waals surface area contributed by atoms with Crippen molar-refractivity contribution >= 4 is 79.9 Å². The molecule has 0 bridgehead atoms. The molecule has 0 saturated carbocycles. The number of carbonyl (C=O) groups excluding carboxylic acids is 4. The zero-order chi connectivity index (χ0) is 35.5. The van der Waals surface area contributed by atoms with Crippen LogP contribution in [0, 0.1) is 5.82 Å². The molecule has 1 atom stereocenters. The van der Waals surface area contributed by atoms with Crippen LogP contribution in [0.3, 0.4) is 0 Å². The van der Waals surface area contributed by atoms with Gasteiger partial charge in [-0.05, 0) is 90.5 Å². The number of oxazole rings is 1. The van der Waals surface area contributed by atoms with Crippen molar-refractivity contribution in [2.24, 2.45) is 0 Å². The van der Waals surface area contributed by atoms with Crippen molar-refractivity contribution in [1.29, 1.82) is 0 Å². The van der Waals surface area contributed by atoms with Crippen molar-refractivity contribution in [1.82, 2.24) is 10.3 Å².